The third-order valence-electron chi connectivity index (χ3n) is 5.31. The van der Waals surface area contributed by atoms with E-state index in [0.717, 1.165) is 15.4 Å². The molecule has 2 saturated heterocycles. The molecule has 0 bridgehead atoms. The number of carboxylic acids is 1. The average molecular weight is 408 g/mol. The van der Waals surface area contributed by atoms with Crippen LogP contribution in [0.1, 0.15) is 12.0 Å². The first-order chi connectivity index (χ1) is 13.1. The van der Waals surface area contributed by atoms with Gasteiger partial charge in [0, 0.05) is 12.5 Å². The number of carbonyl (C=O) groups is 3. The van der Waals surface area contributed by atoms with Gasteiger partial charge in [-0.1, -0.05) is 17.7 Å². The Morgan fingerprint density at radius 1 is 1.18 bits per heavy atom. The fourth-order valence-electron chi connectivity index (χ4n) is 4.04. The van der Waals surface area contributed by atoms with Gasteiger partial charge < -0.3 is 14.4 Å². The Morgan fingerprint density at radius 3 is 2.39 bits per heavy atom. The first-order valence-corrected chi connectivity index (χ1v) is 9.85. The molecule has 0 spiro atoms. The quantitative estimate of drug-likeness (QED) is 0.545. The van der Waals surface area contributed by atoms with E-state index in [1.807, 2.05) is 0 Å². The SMILES string of the molecule is Cc1ccc(S(=O)(=O)OC2=C(C(=O)O)N3C(=O)[C@@H]4[C@H]3C2CCN4C(=O)O)cc1. The Hall–Kier alpha value is -3.08. The third-order valence-corrected chi connectivity index (χ3v) is 6.56. The molecule has 0 aliphatic carbocycles. The molecular formula is C17H16N2O8S. The highest BCUT2D eigenvalue weighted by Crippen LogP contribution is 2.49. The van der Waals surface area contributed by atoms with Crippen molar-refractivity contribution in [2.24, 2.45) is 5.92 Å². The van der Waals surface area contributed by atoms with Crippen molar-refractivity contribution in [3.8, 4) is 0 Å². The van der Waals surface area contributed by atoms with Gasteiger partial charge in [-0.3, -0.25) is 14.6 Å². The number of likely N-dealkylation sites (tertiary alicyclic amines) is 1. The topological polar surface area (TPSA) is 142 Å². The molecule has 1 aromatic rings. The van der Waals surface area contributed by atoms with Crippen molar-refractivity contribution in [3.05, 3.63) is 41.3 Å². The number of rotatable bonds is 4. The van der Waals surface area contributed by atoms with Crippen LogP contribution in [-0.4, -0.2) is 65.0 Å². The van der Waals surface area contributed by atoms with E-state index in [1.165, 1.54) is 12.1 Å². The Labute approximate surface area is 159 Å². The lowest BCUT2D eigenvalue weighted by atomic mass is 9.80. The molecule has 28 heavy (non-hydrogen) atoms. The van der Waals surface area contributed by atoms with E-state index < -0.39 is 51.8 Å². The number of carboxylic acid groups (broad SMARTS) is 2. The molecule has 0 radical (unpaired) electrons. The summed E-state index contributed by atoms with van der Waals surface area (Å²) in [6, 6.07) is 4.04. The number of amides is 2. The highest BCUT2D eigenvalue weighted by atomic mass is 32.2. The zero-order chi connectivity index (χ0) is 20.4. The van der Waals surface area contributed by atoms with E-state index in [2.05, 4.69) is 0 Å². The molecule has 3 aliphatic rings. The summed E-state index contributed by atoms with van der Waals surface area (Å²) in [5.41, 5.74) is 0.295. The van der Waals surface area contributed by atoms with Crippen molar-refractivity contribution in [2.75, 3.05) is 6.54 Å². The zero-order valence-corrected chi connectivity index (χ0v) is 15.4. The minimum absolute atomic E-state index is 0.0227. The first-order valence-electron chi connectivity index (χ1n) is 8.44. The van der Waals surface area contributed by atoms with Crippen molar-refractivity contribution in [3.63, 3.8) is 0 Å². The molecule has 10 nitrogen and oxygen atoms in total. The molecule has 1 unspecified atom stereocenters. The maximum Gasteiger partial charge on any atom is 0.408 e. The number of β-lactam (4-membered cyclic amide) rings is 1. The lowest BCUT2D eigenvalue weighted by Gasteiger charge is -2.51. The number of piperidine rings is 1. The molecule has 4 rings (SSSR count). The van der Waals surface area contributed by atoms with Gasteiger partial charge in [0.1, 0.15) is 10.9 Å². The van der Waals surface area contributed by atoms with Crippen LogP contribution >= 0.6 is 0 Å². The minimum atomic E-state index is -4.32. The molecule has 2 fully saturated rings. The van der Waals surface area contributed by atoms with Crippen molar-refractivity contribution in [1.29, 1.82) is 0 Å². The van der Waals surface area contributed by atoms with Crippen LogP contribution in [0.25, 0.3) is 0 Å². The molecule has 0 aromatic heterocycles. The zero-order valence-electron chi connectivity index (χ0n) is 14.6. The second-order valence-electron chi connectivity index (χ2n) is 6.88. The second-order valence-corrected chi connectivity index (χ2v) is 8.43. The maximum absolute atomic E-state index is 12.7. The van der Waals surface area contributed by atoms with E-state index in [4.69, 9.17) is 4.18 Å². The van der Waals surface area contributed by atoms with Crippen LogP contribution in [0, 0.1) is 12.8 Å². The Kier molecular flexibility index (Phi) is 3.89. The Balaban J connectivity index is 1.73. The summed E-state index contributed by atoms with van der Waals surface area (Å²) >= 11 is 0. The summed E-state index contributed by atoms with van der Waals surface area (Å²) in [5, 5.41) is 18.8. The molecule has 3 heterocycles. The number of hydrogen-bond acceptors (Lipinski definition) is 6. The summed E-state index contributed by atoms with van der Waals surface area (Å²) in [5.74, 6) is -3.22. The number of carbonyl (C=O) groups excluding carboxylic acids is 1. The number of aryl methyl sites for hydroxylation is 1. The highest BCUT2D eigenvalue weighted by Gasteiger charge is 2.66. The predicted molar refractivity (Wildman–Crippen MR) is 91.4 cm³/mol. The second kappa shape index (κ2) is 5.96. The Morgan fingerprint density at radius 2 is 1.82 bits per heavy atom. The van der Waals surface area contributed by atoms with Crippen LogP contribution < -0.4 is 0 Å². The summed E-state index contributed by atoms with van der Waals surface area (Å²) in [6.07, 6.45) is -1.14. The van der Waals surface area contributed by atoms with Crippen molar-refractivity contribution in [1.82, 2.24) is 9.80 Å². The van der Waals surface area contributed by atoms with Gasteiger partial charge in [0.2, 0.25) is 0 Å². The minimum Gasteiger partial charge on any atom is -0.476 e. The molecule has 0 saturated carbocycles. The highest BCUT2D eigenvalue weighted by molar-refractivity contribution is 7.86. The van der Waals surface area contributed by atoms with Crippen LogP contribution in [0.4, 0.5) is 4.79 Å². The van der Waals surface area contributed by atoms with Crippen LogP contribution in [0.15, 0.2) is 40.6 Å². The van der Waals surface area contributed by atoms with E-state index in [1.54, 1.807) is 19.1 Å². The molecular weight excluding hydrogens is 392 g/mol. The number of nitrogens with zero attached hydrogens (tertiary/aromatic N) is 2. The summed E-state index contributed by atoms with van der Waals surface area (Å²) < 4.78 is 30.5. The van der Waals surface area contributed by atoms with Gasteiger partial charge >= 0.3 is 22.2 Å². The lowest BCUT2D eigenvalue weighted by molar-refractivity contribution is -0.161. The Bertz CT molecular complexity index is 1030. The van der Waals surface area contributed by atoms with Gasteiger partial charge in [0.15, 0.2) is 11.5 Å². The summed E-state index contributed by atoms with van der Waals surface area (Å²) in [4.78, 5) is 37.3. The molecule has 3 aliphatic heterocycles. The van der Waals surface area contributed by atoms with Gasteiger partial charge in [-0.2, -0.15) is 8.42 Å². The van der Waals surface area contributed by atoms with E-state index in [0.29, 0.717) is 0 Å². The van der Waals surface area contributed by atoms with Gasteiger partial charge in [-0.25, -0.2) is 9.59 Å². The molecule has 3 atom stereocenters. The van der Waals surface area contributed by atoms with Crippen molar-refractivity contribution in [2.45, 2.75) is 30.3 Å². The molecule has 2 amide bonds. The average Bonchev–Trinajstić information content (AvgIpc) is 2.93. The van der Waals surface area contributed by atoms with E-state index in [-0.39, 0.29) is 23.6 Å². The van der Waals surface area contributed by atoms with Crippen molar-refractivity contribution < 1.29 is 37.2 Å². The lowest BCUT2D eigenvalue weighted by Crippen LogP contribution is -2.73. The molecule has 148 valence electrons. The fraction of sp³-hybridized carbons (Fsp3) is 0.353. The van der Waals surface area contributed by atoms with Gasteiger partial charge in [0.25, 0.3) is 5.91 Å². The monoisotopic (exact) mass is 408 g/mol. The van der Waals surface area contributed by atoms with Crippen LogP contribution in [-0.2, 0) is 23.9 Å². The largest absolute Gasteiger partial charge is 0.476 e. The number of hydrogen-bond donors (Lipinski definition) is 2. The summed E-state index contributed by atoms with van der Waals surface area (Å²) in [6.45, 7) is 1.76. The van der Waals surface area contributed by atoms with Crippen LogP contribution in [0.2, 0.25) is 0 Å². The van der Waals surface area contributed by atoms with E-state index >= 15 is 0 Å². The van der Waals surface area contributed by atoms with E-state index in [9.17, 15) is 33.0 Å². The molecule has 1 aromatic carbocycles. The maximum atomic E-state index is 12.7. The van der Waals surface area contributed by atoms with Gasteiger partial charge in [0.05, 0.1) is 6.04 Å². The smallest absolute Gasteiger partial charge is 0.408 e. The summed E-state index contributed by atoms with van der Waals surface area (Å²) in [7, 11) is -4.32. The normalized spacial score (nSPS) is 26.0. The predicted octanol–water partition coefficient (Wildman–Crippen LogP) is 0.589. The fourth-order valence-corrected chi connectivity index (χ4v) is 5.04. The number of benzene rings is 1. The van der Waals surface area contributed by atoms with Crippen molar-refractivity contribution >= 4 is 28.1 Å². The number of aliphatic carboxylic acids is 1. The van der Waals surface area contributed by atoms with Gasteiger partial charge in [-0.15, -0.1) is 0 Å². The molecule has 11 heteroatoms. The third kappa shape index (κ3) is 2.46. The van der Waals surface area contributed by atoms with Gasteiger partial charge in [-0.05, 0) is 25.5 Å². The molecule has 2 N–H and O–H groups in total. The first kappa shape index (κ1) is 18.3. The standard InChI is InChI=1S/C17H16N2O8S/c1-8-2-4-9(5-3-8)28(25,26)27-14-10-6-7-18(17(23)24)12-11(10)19(15(12)20)13(14)16(21)22/h2-5,10-12H,6-7H2,1H3,(H,21,22)(H,23,24)/t10?,11-,12+/m1/s1. The van der Waals surface area contributed by atoms with Crippen LogP contribution in [0.3, 0.4) is 0 Å². The van der Waals surface area contributed by atoms with Crippen LogP contribution in [0.5, 0.6) is 0 Å².